The van der Waals surface area contributed by atoms with Crippen molar-refractivity contribution < 1.29 is 13.2 Å². The predicted octanol–water partition coefficient (Wildman–Crippen LogP) is 5.35. The third-order valence-electron chi connectivity index (χ3n) is 5.13. The first-order valence-corrected chi connectivity index (χ1v) is 11.3. The number of hydrogen-bond acceptors (Lipinski definition) is 3. The van der Waals surface area contributed by atoms with E-state index in [9.17, 15) is 8.42 Å². The molecule has 0 saturated heterocycles. The van der Waals surface area contributed by atoms with Crippen LogP contribution in [-0.4, -0.2) is 19.6 Å². The highest BCUT2D eigenvalue weighted by Gasteiger charge is 2.24. The van der Waals surface area contributed by atoms with Crippen molar-refractivity contribution in [3.05, 3.63) is 78.4 Å². The van der Waals surface area contributed by atoms with Crippen molar-refractivity contribution in [2.45, 2.75) is 18.7 Å². The van der Waals surface area contributed by atoms with Gasteiger partial charge < -0.3 is 9.30 Å². The SMILES string of the molecule is CCOc1ccccc1-c1c(NS(=O)(=O)c2ccc(C)cc2)n(C)c2ccccc12. The number of ether oxygens (including phenoxy) is 1. The fourth-order valence-electron chi connectivity index (χ4n) is 3.64. The minimum atomic E-state index is -3.77. The maximum Gasteiger partial charge on any atom is 0.263 e. The zero-order valence-electron chi connectivity index (χ0n) is 17.2. The highest BCUT2D eigenvalue weighted by atomic mass is 32.2. The van der Waals surface area contributed by atoms with Crippen LogP contribution in [0.25, 0.3) is 22.0 Å². The molecule has 30 heavy (non-hydrogen) atoms. The van der Waals surface area contributed by atoms with Crippen molar-refractivity contribution in [1.29, 1.82) is 0 Å². The van der Waals surface area contributed by atoms with Crippen LogP contribution in [-0.2, 0) is 17.1 Å². The van der Waals surface area contributed by atoms with Gasteiger partial charge in [0.25, 0.3) is 10.0 Å². The molecule has 1 N–H and O–H groups in total. The van der Waals surface area contributed by atoms with E-state index in [1.807, 2.05) is 74.0 Å². The van der Waals surface area contributed by atoms with E-state index in [4.69, 9.17) is 4.74 Å². The van der Waals surface area contributed by atoms with E-state index >= 15 is 0 Å². The molecule has 0 amide bonds. The molecule has 0 aliphatic carbocycles. The molecule has 4 aromatic rings. The minimum absolute atomic E-state index is 0.224. The number of aromatic nitrogens is 1. The van der Waals surface area contributed by atoms with Crippen LogP contribution in [0.15, 0.2) is 77.7 Å². The Bertz CT molecular complexity index is 1310. The first-order valence-electron chi connectivity index (χ1n) is 9.81. The molecule has 0 fully saturated rings. The third-order valence-corrected chi connectivity index (χ3v) is 6.48. The summed E-state index contributed by atoms with van der Waals surface area (Å²) in [6, 6.07) is 22.4. The van der Waals surface area contributed by atoms with Crippen LogP contribution in [0.5, 0.6) is 5.75 Å². The van der Waals surface area contributed by atoms with E-state index in [2.05, 4.69) is 4.72 Å². The molecule has 0 unspecified atom stereocenters. The van der Waals surface area contributed by atoms with Gasteiger partial charge in [0, 0.05) is 23.6 Å². The average molecular weight is 421 g/mol. The van der Waals surface area contributed by atoms with Crippen LogP contribution in [0.2, 0.25) is 0 Å². The summed E-state index contributed by atoms with van der Waals surface area (Å²) in [6.45, 7) is 4.38. The second-order valence-electron chi connectivity index (χ2n) is 7.15. The number of benzene rings is 3. The molecular formula is C24H24N2O3S. The summed E-state index contributed by atoms with van der Waals surface area (Å²) in [5.41, 5.74) is 3.58. The first kappa shape index (κ1) is 20.0. The second kappa shape index (κ2) is 7.88. The summed E-state index contributed by atoms with van der Waals surface area (Å²) in [4.78, 5) is 0.224. The third kappa shape index (κ3) is 3.55. The van der Waals surface area contributed by atoms with Gasteiger partial charge >= 0.3 is 0 Å². The van der Waals surface area contributed by atoms with Gasteiger partial charge in [0.1, 0.15) is 11.6 Å². The summed E-state index contributed by atoms with van der Waals surface area (Å²) in [6.07, 6.45) is 0. The number of rotatable bonds is 6. The molecule has 0 saturated carbocycles. The smallest absolute Gasteiger partial charge is 0.263 e. The minimum Gasteiger partial charge on any atom is -0.493 e. The molecule has 154 valence electrons. The van der Waals surface area contributed by atoms with Gasteiger partial charge in [-0.1, -0.05) is 54.1 Å². The van der Waals surface area contributed by atoms with Gasteiger partial charge in [-0.25, -0.2) is 8.42 Å². The van der Waals surface area contributed by atoms with Crippen molar-refractivity contribution in [3.8, 4) is 16.9 Å². The molecule has 1 heterocycles. The lowest BCUT2D eigenvalue weighted by molar-refractivity contribution is 0.341. The molecule has 1 aromatic heterocycles. The molecular weight excluding hydrogens is 396 g/mol. The number of para-hydroxylation sites is 2. The van der Waals surface area contributed by atoms with Gasteiger partial charge in [-0.2, -0.15) is 0 Å². The summed E-state index contributed by atoms with van der Waals surface area (Å²) >= 11 is 0. The molecule has 0 atom stereocenters. The number of hydrogen-bond donors (Lipinski definition) is 1. The molecule has 0 bridgehead atoms. The number of anilines is 1. The lowest BCUT2D eigenvalue weighted by Gasteiger charge is -2.14. The fraction of sp³-hybridized carbons (Fsp3) is 0.167. The molecule has 6 heteroatoms. The zero-order valence-corrected chi connectivity index (χ0v) is 18.0. The second-order valence-corrected chi connectivity index (χ2v) is 8.83. The zero-order chi connectivity index (χ0) is 21.3. The van der Waals surface area contributed by atoms with Gasteiger partial charge in [0.2, 0.25) is 0 Å². The van der Waals surface area contributed by atoms with Crippen LogP contribution in [0.3, 0.4) is 0 Å². The van der Waals surface area contributed by atoms with Crippen LogP contribution in [0.1, 0.15) is 12.5 Å². The fourth-order valence-corrected chi connectivity index (χ4v) is 4.75. The van der Waals surface area contributed by atoms with Gasteiger partial charge in [0.05, 0.1) is 17.0 Å². The number of nitrogens with zero attached hydrogens (tertiary/aromatic N) is 1. The van der Waals surface area contributed by atoms with Crippen molar-refractivity contribution >= 4 is 26.7 Å². The summed E-state index contributed by atoms with van der Waals surface area (Å²) in [5, 5.41) is 0.953. The van der Waals surface area contributed by atoms with Gasteiger partial charge in [-0.3, -0.25) is 4.72 Å². The van der Waals surface area contributed by atoms with Crippen LogP contribution >= 0.6 is 0 Å². The van der Waals surface area contributed by atoms with E-state index in [0.717, 1.165) is 27.6 Å². The Kier molecular flexibility index (Phi) is 5.26. The first-order chi connectivity index (χ1) is 14.4. The lowest BCUT2D eigenvalue weighted by Crippen LogP contribution is -2.15. The van der Waals surface area contributed by atoms with Crippen molar-refractivity contribution in [3.63, 3.8) is 0 Å². The Morgan fingerprint density at radius 2 is 1.60 bits per heavy atom. The normalized spacial score (nSPS) is 11.6. The Balaban J connectivity index is 1.94. The van der Waals surface area contributed by atoms with Gasteiger partial charge in [-0.05, 0) is 38.1 Å². The molecule has 3 aromatic carbocycles. The number of sulfonamides is 1. The van der Waals surface area contributed by atoms with Crippen LogP contribution in [0.4, 0.5) is 5.82 Å². The molecule has 5 nitrogen and oxygen atoms in total. The highest BCUT2D eigenvalue weighted by Crippen LogP contribution is 2.42. The molecule has 0 aliphatic heterocycles. The van der Waals surface area contributed by atoms with E-state index in [1.165, 1.54) is 0 Å². The number of fused-ring (bicyclic) bond motifs is 1. The predicted molar refractivity (Wildman–Crippen MR) is 122 cm³/mol. The average Bonchev–Trinajstić information content (AvgIpc) is 3.00. The maximum absolute atomic E-state index is 13.2. The topological polar surface area (TPSA) is 60.3 Å². The molecule has 0 aliphatic rings. The number of nitrogens with one attached hydrogen (secondary N) is 1. The van der Waals surface area contributed by atoms with Gasteiger partial charge in [0.15, 0.2) is 0 Å². The van der Waals surface area contributed by atoms with E-state index in [1.54, 1.807) is 24.3 Å². The quantitative estimate of drug-likeness (QED) is 0.457. The van der Waals surface area contributed by atoms with Gasteiger partial charge in [-0.15, -0.1) is 0 Å². The van der Waals surface area contributed by atoms with Crippen LogP contribution in [0, 0.1) is 6.92 Å². The van der Waals surface area contributed by atoms with E-state index < -0.39 is 10.0 Å². The summed E-state index contributed by atoms with van der Waals surface area (Å²) in [7, 11) is -1.90. The monoisotopic (exact) mass is 420 g/mol. The Hall–Kier alpha value is -3.25. The summed E-state index contributed by atoms with van der Waals surface area (Å²) < 4.78 is 36.9. The molecule has 0 radical (unpaired) electrons. The van der Waals surface area contributed by atoms with Crippen molar-refractivity contribution in [1.82, 2.24) is 4.57 Å². The molecule has 4 rings (SSSR count). The lowest BCUT2D eigenvalue weighted by atomic mass is 10.0. The van der Waals surface area contributed by atoms with E-state index in [-0.39, 0.29) is 4.90 Å². The van der Waals surface area contributed by atoms with Crippen molar-refractivity contribution in [2.24, 2.45) is 7.05 Å². The van der Waals surface area contributed by atoms with E-state index in [0.29, 0.717) is 18.2 Å². The maximum atomic E-state index is 13.2. The summed E-state index contributed by atoms with van der Waals surface area (Å²) in [5.74, 6) is 1.22. The molecule has 0 spiro atoms. The number of aryl methyl sites for hydroxylation is 2. The highest BCUT2D eigenvalue weighted by molar-refractivity contribution is 7.92. The standard InChI is InChI=1S/C24H24N2O3S/c1-4-29-22-12-8-6-10-20(22)23-19-9-5-7-11-21(19)26(3)24(23)25-30(27,28)18-15-13-17(2)14-16-18/h5-16,25H,4H2,1-3H3. The Morgan fingerprint density at radius 1 is 0.933 bits per heavy atom. The Morgan fingerprint density at radius 3 is 2.33 bits per heavy atom. The Labute approximate surface area is 177 Å². The largest absolute Gasteiger partial charge is 0.493 e. The van der Waals surface area contributed by atoms with Crippen molar-refractivity contribution in [2.75, 3.05) is 11.3 Å². The van der Waals surface area contributed by atoms with Crippen LogP contribution < -0.4 is 9.46 Å².